The number of hydrogen-bond donors (Lipinski definition) is 1. The van der Waals surface area contributed by atoms with Crippen molar-refractivity contribution in [2.45, 2.75) is 57.7 Å². The fourth-order valence-corrected chi connectivity index (χ4v) is 4.76. The van der Waals surface area contributed by atoms with Gasteiger partial charge in [-0.15, -0.1) is 10.2 Å². The maximum Gasteiger partial charge on any atom is 0.195 e. The topological polar surface area (TPSA) is 60.2 Å². The Labute approximate surface area is 189 Å². The first-order valence-electron chi connectivity index (χ1n) is 10.6. The molecule has 31 heavy (non-hydrogen) atoms. The van der Waals surface area contributed by atoms with Crippen LogP contribution < -0.4 is 4.74 Å². The first kappa shape index (κ1) is 23.4. The third kappa shape index (κ3) is 6.84. The SMILES string of the molecule is CC(C)(C)CC(C)(C)c1ccc(OCC(O)CSc2nncn2-c2ccccc2)cc1. The predicted octanol–water partition coefficient (Wildman–Crippen LogP) is 5.51. The molecular formula is C25H33N3O2S. The lowest BCUT2D eigenvalue weighted by Crippen LogP contribution is -2.24. The van der Waals surface area contributed by atoms with E-state index in [0.717, 1.165) is 23.0 Å². The van der Waals surface area contributed by atoms with Gasteiger partial charge >= 0.3 is 0 Å². The van der Waals surface area contributed by atoms with Gasteiger partial charge in [0, 0.05) is 11.4 Å². The molecule has 0 amide bonds. The van der Waals surface area contributed by atoms with Gasteiger partial charge in [-0.3, -0.25) is 4.57 Å². The fraction of sp³-hybridized carbons (Fsp3) is 0.440. The van der Waals surface area contributed by atoms with Crippen LogP contribution in [0.2, 0.25) is 0 Å². The summed E-state index contributed by atoms with van der Waals surface area (Å²) in [6, 6.07) is 18.2. The molecule has 1 heterocycles. The molecule has 1 N–H and O–H groups in total. The summed E-state index contributed by atoms with van der Waals surface area (Å²) in [5.74, 6) is 1.24. The smallest absolute Gasteiger partial charge is 0.195 e. The first-order chi connectivity index (χ1) is 14.6. The maximum absolute atomic E-state index is 10.4. The van der Waals surface area contributed by atoms with Crippen LogP contribution in [-0.2, 0) is 5.41 Å². The molecule has 0 aliphatic rings. The van der Waals surface area contributed by atoms with E-state index in [2.05, 4.69) is 56.9 Å². The Bertz CT molecular complexity index is 947. The van der Waals surface area contributed by atoms with E-state index in [1.165, 1.54) is 17.3 Å². The van der Waals surface area contributed by atoms with E-state index < -0.39 is 6.10 Å². The van der Waals surface area contributed by atoms with Gasteiger partial charge in [0.15, 0.2) is 5.16 Å². The van der Waals surface area contributed by atoms with Gasteiger partial charge in [-0.05, 0) is 47.1 Å². The van der Waals surface area contributed by atoms with E-state index in [0.29, 0.717) is 5.75 Å². The van der Waals surface area contributed by atoms with Gasteiger partial charge in [-0.1, -0.05) is 76.7 Å². The summed E-state index contributed by atoms with van der Waals surface area (Å²) in [7, 11) is 0. The van der Waals surface area contributed by atoms with Crippen molar-refractivity contribution in [2.24, 2.45) is 5.41 Å². The third-order valence-corrected chi connectivity index (χ3v) is 6.09. The number of aliphatic hydroxyl groups is 1. The maximum atomic E-state index is 10.4. The zero-order valence-corrected chi connectivity index (χ0v) is 19.9. The van der Waals surface area contributed by atoms with Crippen LogP contribution in [0, 0.1) is 5.41 Å². The van der Waals surface area contributed by atoms with Gasteiger partial charge in [-0.25, -0.2) is 0 Å². The van der Waals surface area contributed by atoms with Crippen LogP contribution in [0.1, 0.15) is 46.6 Å². The summed E-state index contributed by atoms with van der Waals surface area (Å²) in [6.45, 7) is 11.6. The molecule has 6 heteroatoms. The quantitative estimate of drug-likeness (QED) is 0.445. The van der Waals surface area contributed by atoms with Crippen molar-refractivity contribution in [3.8, 4) is 11.4 Å². The lowest BCUT2D eigenvalue weighted by Gasteiger charge is -2.33. The molecule has 5 nitrogen and oxygen atoms in total. The van der Waals surface area contributed by atoms with Gasteiger partial charge < -0.3 is 9.84 Å². The molecule has 3 rings (SSSR count). The highest BCUT2D eigenvalue weighted by Crippen LogP contribution is 2.36. The molecule has 0 saturated carbocycles. The van der Waals surface area contributed by atoms with E-state index in [4.69, 9.17) is 4.74 Å². The monoisotopic (exact) mass is 439 g/mol. The van der Waals surface area contributed by atoms with Gasteiger partial charge in [0.25, 0.3) is 0 Å². The van der Waals surface area contributed by atoms with Crippen molar-refractivity contribution in [3.63, 3.8) is 0 Å². The second-order valence-electron chi connectivity index (χ2n) is 9.74. The highest BCUT2D eigenvalue weighted by atomic mass is 32.2. The molecule has 0 bridgehead atoms. The molecule has 1 aromatic heterocycles. The Kier molecular flexibility index (Phi) is 7.44. The average Bonchev–Trinajstić information content (AvgIpc) is 3.18. The lowest BCUT2D eigenvalue weighted by molar-refractivity contribution is 0.126. The Morgan fingerprint density at radius 1 is 1.00 bits per heavy atom. The van der Waals surface area contributed by atoms with Crippen LogP contribution >= 0.6 is 11.8 Å². The van der Waals surface area contributed by atoms with Gasteiger partial charge in [-0.2, -0.15) is 0 Å². The summed E-state index contributed by atoms with van der Waals surface area (Å²) in [4.78, 5) is 0. The number of para-hydroxylation sites is 1. The van der Waals surface area contributed by atoms with Gasteiger partial charge in [0.2, 0.25) is 0 Å². The summed E-state index contributed by atoms with van der Waals surface area (Å²) in [6.07, 6.45) is 2.18. The number of aliphatic hydroxyl groups excluding tert-OH is 1. The molecule has 0 aliphatic carbocycles. The molecule has 1 atom stereocenters. The van der Waals surface area contributed by atoms with Crippen LogP contribution in [-0.4, -0.2) is 38.3 Å². The van der Waals surface area contributed by atoms with E-state index >= 15 is 0 Å². The number of rotatable bonds is 9. The van der Waals surface area contributed by atoms with Gasteiger partial charge in [0.05, 0.1) is 6.10 Å². The molecule has 166 valence electrons. The number of nitrogens with zero attached hydrogens (tertiary/aromatic N) is 3. The van der Waals surface area contributed by atoms with Crippen LogP contribution in [0.15, 0.2) is 66.1 Å². The van der Waals surface area contributed by atoms with Crippen molar-refractivity contribution in [1.29, 1.82) is 0 Å². The van der Waals surface area contributed by atoms with Crippen molar-refractivity contribution < 1.29 is 9.84 Å². The Hall–Kier alpha value is -2.31. The summed E-state index contributed by atoms with van der Waals surface area (Å²) < 4.78 is 7.73. The van der Waals surface area contributed by atoms with Crippen LogP contribution in [0.25, 0.3) is 5.69 Å². The van der Waals surface area contributed by atoms with Crippen molar-refractivity contribution in [1.82, 2.24) is 14.8 Å². The molecule has 0 spiro atoms. The standard InChI is InChI=1S/C25H33N3O2S/c1-24(2,3)17-25(4,5)19-11-13-22(14-12-19)30-15-21(29)16-31-23-27-26-18-28(23)20-9-7-6-8-10-20/h6-14,18,21,29H,15-17H2,1-5H3. The van der Waals surface area contributed by atoms with E-state index in [9.17, 15) is 5.11 Å². The molecule has 0 radical (unpaired) electrons. The number of ether oxygens (including phenoxy) is 1. The average molecular weight is 440 g/mol. The molecule has 3 aromatic rings. The fourth-order valence-electron chi connectivity index (χ4n) is 3.93. The molecule has 1 unspecified atom stereocenters. The van der Waals surface area contributed by atoms with Gasteiger partial charge in [0.1, 0.15) is 18.7 Å². The minimum Gasteiger partial charge on any atom is -0.491 e. The Balaban J connectivity index is 1.51. The second kappa shape index (κ2) is 9.88. The Morgan fingerprint density at radius 3 is 2.32 bits per heavy atom. The third-order valence-electron chi connectivity index (χ3n) is 5.01. The number of hydrogen-bond acceptors (Lipinski definition) is 5. The molecule has 2 aromatic carbocycles. The van der Waals surface area contributed by atoms with Crippen LogP contribution in [0.3, 0.4) is 0 Å². The number of thioether (sulfide) groups is 1. The predicted molar refractivity (Wildman–Crippen MR) is 127 cm³/mol. The molecule has 0 saturated heterocycles. The number of aromatic nitrogens is 3. The zero-order valence-electron chi connectivity index (χ0n) is 19.1. The van der Waals surface area contributed by atoms with E-state index in [-0.39, 0.29) is 17.4 Å². The summed E-state index contributed by atoms with van der Waals surface area (Å²) in [5.41, 5.74) is 2.66. The molecule has 0 fully saturated rings. The zero-order chi connectivity index (χ0) is 22.5. The minimum absolute atomic E-state index is 0.0988. The van der Waals surface area contributed by atoms with E-state index in [1.54, 1.807) is 6.33 Å². The second-order valence-corrected chi connectivity index (χ2v) is 10.7. The summed E-state index contributed by atoms with van der Waals surface area (Å²) >= 11 is 1.46. The summed E-state index contributed by atoms with van der Waals surface area (Å²) in [5, 5.41) is 19.3. The number of benzene rings is 2. The molecule has 0 aliphatic heterocycles. The lowest BCUT2D eigenvalue weighted by atomic mass is 9.72. The minimum atomic E-state index is -0.608. The molecular weight excluding hydrogens is 406 g/mol. The van der Waals surface area contributed by atoms with Crippen molar-refractivity contribution in [3.05, 3.63) is 66.5 Å². The van der Waals surface area contributed by atoms with Crippen molar-refractivity contribution in [2.75, 3.05) is 12.4 Å². The largest absolute Gasteiger partial charge is 0.491 e. The normalized spacial score (nSPS) is 13.2. The highest BCUT2D eigenvalue weighted by molar-refractivity contribution is 7.99. The highest BCUT2D eigenvalue weighted by Gasteiger charge is 2.27. The first-order valence-corrected chi connectivity index (χ1v) is 11.6. The Morgan fingerprint density at radius 2 is 1.68 bits per heavy atom. The van der Waals surface area contributed by atoms with Crippen LogP contribution in [0.5, 0.6) is 5.75 Å². The van der Waals surface area contributed by atoms with E-state index in [1.807, 2.05) is 47.0 Å². The van der Waals surface area contributed by atoms with Crippen LogP contribution in [0.4, 0.5) is 0 Å². The van der Waals surface area contributed by atoms with Crippen molar-refractivity contribution >= 4 is 11.8 Å².